The molecule has 2 rings (SSSR count). The molecule has 3 N–H and O–H groups in total. The van der Waals surface area contributed by atoms with Gasteiger partial charge >= 0.3 is 0 Å². The third-order valence-corrected chi connectivity index (χ3v) is 2.57. The highest BCUT2D eigenvalue weighted by Crippen LogP contribution is 2.17. The van der Waals surface area contributed by atoms with Crippen LogP contribution in [-0.2, 0) is 6.54 Å². The highest BCUT2D eigenvalue weighted by atomic mass is 14.9. The van der Waals surface area contributed by atoms with Crippen LogP contribution in [0, 0.1) is 11.3 Å². The molecule has 0 radical (unpaired) electrons. The van der Waals surface area contributed by atoms with Crippen molar-refractivity contribution < 1.29 is 0 Å². The van der Waals surface area contributed by atoms with Gasteiger partial charge < -0.3 is 11.1 Å². The summed E-state index contributed by atoms with van der Waals surface area (Å²) in [4.78, 5) is 0. The monoisotopic (exact) mass is 223 g/mol. The third kappa shape index (κ3) is 2.56. The van der Waals surface area contributed by atoms with Crippen LogP contribution in [0.3, 0.4) is 0 Å². The first-order valence-corrected chi connectivity index (χ1v) is 5.37. The Morgan fingerprint density at radius 3 is 2.53 bits per heavy atom. The van der Waals surface area contributed by atoms with Gasteiger partial charge in [0.15, 0.2) is 0 Å². The van der Waals surface area contributed by atoms with Gasteiger partial charge in [0, 0.05) is 12.2 Å². The molecular formula is C14H13N3. The quantitative estimate of drug-likeness (QED) is 0.786. The van der Waals surface area contributed by atoms with Crippen molar-refractivity contribution in [2.24, 2.45) is 0 Å². The molecule has 0 atom stereocenters. The van der Waals surface area contributed by atoms with E-state index in [1.807, 2.05) is 42.5 Å². The lowest BCUT2D eigenvalue weighted by atomic mass is 10.1. The lowest BCUT2D eigenvalue weighted by Crippen LogP contribution is -2.03. The minimum atomic E-state index is 0.616. The Morgan fingerprint density at radius 2 is 1.76 bits per heavy atom. The van der Waals surface area contributed by atoms with Crippen LogP contribution < -0.4 is 11.1 Å². The van der Waals surface area contributed by atoms with Crippen LogP contribution in [0.25, 0.3) is 0 Å². The summed E-state index contributed by atoms with van der Waals surface area (Å²) in [6.45, 7) is 0.616. The third-order valence-electron chi connectivity index (χ3n) is 2.57. The van der Waals surface area contributed by atoms with Crippen LogP contribution in [-0.4, -0.2) is 0 Å². The molecule has 3 heteroatoms. The Hall–Kier alpha value is -2.47. The molecule has 0 saturated carbocycles. The predicted molar refractivity (Wildman–Crippen MR) is 69.3 cm³/mol. The molecule has 0 unspecified atom stereocenters. The molecule has 0 amide bonds. The number of benzene rings is 2. The van der Waals surface area contributed by atoms with Crippen LogP contribution in [0.1, 0.15) is 11.1 Å². The molecule has 0 bridgehead atoms. The number of para-hydroxylation sites is 2. The van der Waals surface area contributed by atoms with Gasteiger partial charge in [0.25, 0.3) is 0 Å². The van der Waals surface area contributed by atoms with Crippen molar-refractivity contribution in [1.82, 2.24) is 0 Å². The number of nitrogen functional groups attached to an aromatic ring is 1. The molecule has 0 aliphatic rings. The molecule has 2 aromatic rings. The summed E-state index contributed by atoms with van der Waals surface area (Å²) in [5.41, 5.74) is 9.11. The molecule has 0 fully saturated rings. The molecule has 0 aliphatic heterocycles. The van der Waals surface area contributed by atoms with Crippen molar-refractivity contribution >= 4 is 11.4 Å². The van der Waals surface area contributed by atoms with E-state index < -0.39 is 0 Å². The van der Waals surface area contributed by atoms with Crippen LogP contribution >= 0.6 is 0 Å². The van der Waals surface area contributed by atoms with E-state index in [0.717, 1.165) is 16.9 Å². The highest BCUT2D eigenvalue weighted by Gasteiger charge is 2.01. The number of rotatable bonds is 3. The minimum absolute atomic E-state index is 0.616. The Kier molecular flexibility index (Phi) is 3.27. The van der Waals surface area contributed by atoms with Crippen molar-refractivity contribution in [3.8, 4) is 6.07 Å². The predicted octanol–water partition coefficient (Wildman–Crippen LogP) is 2.75. The summed E-state index contributed by atoms with van der Waals surface area (Å²) in [5.74, 6) is 0. The molecule has 0 spiro atoms. The van der Waals surface area contributed by atoms with Crippen LogP contribution in [0.2, 0.25) is 0 Å². The van der Waals surface area contributed by atoms with Crippen LogP contribution in [0.15, 0.2) is 48.5 Å². The van der Waals surface area contributed by atoms with E-state index in [1.165, 1.54) is 0 Å². The second kappa shape index (κ2) is 5.04. The summed E-state index contributed by atoms with van der Waals surface area (Å²) in [6.07, 6.45) is 0. The van der Waals surface area contributed by atoms with Gasteiger partial charge in [-0.15, -0.1) is 0 Å². The molecule has 0 heterocycles. The number of nitrogens with zero attached hydrogens (tertiary/aromatic N) is 1. The normalized spacial score (nSPS) is 9.59. The number of hydrogen-bond acceptors (Lipinski definition) is 3. The number of hydrogen-bond donors (Lipinski definition) is 2. The summed E-state index contributed by atoms with van der Waals surface area (Å²) in [6, 6.07) is 17.3. The summed E-state index contributed by atoms with van der Waals surface area (Å²) in [5, 5.41) is 12.2. The van der Waals surface area contributed by atoms with E-state index in [4.69, 9.17) is 11.0 Å². The van der Waals surface area contributed by atoms with Gasteiger partial charge in [-0.25, -0.2) is 0 Å². The number of nitriles is 1. The zero-order chi connectivity index (χ0) is 12.1. The van der Waals surface area contributed by atoms with Gasteiger partial charge in [-0.05, 0) is 23.8 Å². The van der Waals surface area contributed by atoms with Crippen LogP contribution in [0.5, 0.6) is 0 Å². The SMILES string of the molecule is N#Cc1ccccc1NCc1ccccc1N. The Labute approximate surface area is 101 Å². The van der Waals surface area contributed by atoms with Gasteiger partial charge in [0.05, 0.1) is 11.3 Å². The fourth-order valence-corrected chi connectivity index (χ4v) is 1.62. The number of anilines is 2. The standard InChI is InChI=1S/C14H13N3/c15-9-11-5-2-4-8-14(11)17-10-12-6-1-3-7-13(12)16/h1-8,17H,10,16H2. The molecule has 84 valence electrons. The maximum Gasteiger partial charge on any atom is 0.101 e. The van der Waals surface area contributed by atoms with Crippen molar-refractivity contribution in [1.29, 1.82) is 5.26 Å². The minimum Gasteiger partial charge on any atom is -0.398 e. The molecular weight excluding hydrogens is 210 g/mol. The first-order chi connectivity index (χ1) is 8.31. The van der Waals surface area contributed by atoms with Gasteiger partial charge in [-0.2, -0.15) is 5.26 Å². The average Bonchev–Trinajstić information content (AvgIpc) is 2.38. The average molecular weight is 223 g/mol. The maximum atomic E-state index is 8.96. The number of nitrogens with one attached hydrogen (secondary N) is 1. The van der Waals surface area contributed by atoms with E-state index in [1.54, 1.807) is 6.07 Å². The smallest absolute Gasteiger partial charge is 0.101 e. The fraction of sp³-hybridized carbons (Fsp3) is 0.0714. The molecule has 0 saturated heterocycles. The maximum absolute atomic E-state index is 8.96. The molecule has 2 aromatic carbocycles. The summed E-state index contributed by atoms with van der Waals surface area (Å²) in [7, 11) is 0. The van der Waals surface area contributed by atoms with E-state index in [-0.39, 0.29) is 0 Å². The van der Waals surface area contributed by atoms with E-state index in [2.05, 4.69) is 11.4 Å². The summed E-state index contributed by atoms with van der Waals surface area (Å²) >= 11 is 0. The van der Waals surface area contributed by atoms with Crippen LogP contribution in [0.4, 0.5) is 11.4 Å². The zero-order valence-corrected chi connectivity index (χ0v) is 9.35. The van der Waals surface area contributed by atoms with Crippen molar-refractivity contribution in [2.45, 2.75) is 6.54 Å². The van der Waals surface area contributed by atoms with Crippen molar-refractivity contribution in [3.05, 3.63) is 59.7 Å². The zero-order valence-electron chi connectivity index (χ0n) is 9.35. The molecule has 3 nitrogen and oxygen atoms in total. The highest BCUT2D eigenvalue weighted by molar-refractivity contribution is 5.58. The largest absolute Gasteiger partial charge is 0.398 e. The topological polar surface area (TPSA) is 61.8 Å². The van der Waals surface area contributed by atoms with Crippen molar-refractivity contribution in [2.75, 3.05) is 11.1 Å². The molecule has 17 heavy (non-hydrogen) atoms. The lowest BCUT2D eigenvalue weighted by Gasteiger charge is -2.09. The van der Waals surface area contributed by atoms with Gasteiger partial charge in [-0.1, -0.05) is 30.3 Å². The Bertz CT molecular complexity index is 555. The summed E-state index contributed by atoms with van der Waals surface area (Å²) < 4.78 is 0. The van der Waals surface area contributed by atoms with Gasteiger partial charge in [-0.3, -0.25) is 0 Å². The molecule has 0 aromatic heterocycles. The van der Waals surface area contributed by atoms with Gasteiger partial charge in [0.2, 0.25) is 0 Å². The van der Waals surface area contributed by atoms with Crippen molar-refractivity contribution in [3.63, 3.8) is 0 Å². The first kappa shape index (κ1) is 11.0. The van der Waals surface area contributed by atoms with E-state index >= 15 is 0 Å². The van der Waals surface area contributed by atoms with Gasteiger partial charge in [0.1, 0.15) is 6.07 Å². The second-order valence-electron chi connectivity index (χ2n) is 3.71. The fourth-order valence-electron chi connectivity index (χ4n) is 1.62. The Balaban J connectivity index is 2.13. The molecule has 0 aliphatic carbocycles. The second-order valence-corrected chi connectivity index (χ2v) is 3.71. The van der Waals surface area contributed by atoms with E-state index in [9.17, 15) is 0 Å². The number of nitrogens with two attached hydrogens (primary N) is 1. The Morgan fingerprint density at radius 1 is 1.06 bits per heavy atom. The lowest BCUT2D eigenvalue weighted by molar-refractivity contribution is 1.15. The van der Waals surface area contributed by atoms with E-state index in [0.29, 0.717) is 12.1 Å². The first-order valence-electron chi connectivity index (χ1n) is 5.37.